The number of nitrogens with one attached hydrogen (secondary N) is 1. The highest BCUT2D eigenvalue weighted by Crippen LogP contribution is 2.50. The third kappa shape index (κ3) is 2.75. The fraction of sp³-hybridized carbons (Fsp3) is 0.318. The maximum Gasteiger partial charge on any atom is 0.340 e. The number of esters is 1. The lowest BCUT2D eigenvalue weighted by Gasteiger charge is -2.38. The zero-order valence-corrected chi connectivity index (χ0v) is 15.1. The van der Waals surface area contributed by atoms with E-state index in [1.807, 2.05) is 31.2 Å². The minimum Gasteiger partial charge on any atom is -0.497 e. The van der Waals surface area contributed by atoms with E-state index in [9.17, 15) is 4.79 Å². The van der Waals surface area contributed by atoms with Crippen LogP contribution >= 0.6 is 0 Å². The lowest BCUT2D eigenvalue weighted by atomic mass is 9.76. The molecule has 26 heavy (non-hydrogen) atoms. The van der Waals surface area contributed by atoms with Gasteiger partial charge in [-0.1, -0.05) is 36.4 Å². The van der Waals surface area contributed by atoms with E-state index in [1.165, 1.54) is 11.1 Å². The number of methoxy groups -OCH3 is 1. The third-order valence-electron chi connectivity index (χ3n) is 5.37. The van der Waals surface area contributed by atoms with Crippen molar-refractivity contribution in [3.8, 4) is 5.75 Å². The van der Waals surface area contributed by atoms with Gasteiger partial charge >= 0.3 is 5.97 Å². The van der Waals surface area contributed by atoms with Crippen LogP contribution in [0.15, 0.2) is 54.6 Å². The van der Waals surface area contributed by atoms with Crippen LogP contribution in [0, 0.1) is 5.92 Å². The summed E-state index contributed by atoms with van der Waals surface area (Å²) in [5, 5.41) is 3.65. The van der Waals surface area contributed by atoms with Crippen molar-refractivity contribution < 1.29 is 14.3 Å². The lowest BCUT2D eigenvalue weighted by molar-refractivity contribution is 0.0527. The number of rotatable bonds is 4. The second-order valence-corrected chi connectivity index (χ2v) is 6.74. The van der Waals surface area contributed by atoms with Gasteiger partial charge in [0.1, 0.15) is 5.75 Å². The van der Waals surface area contributed by atoms with Crippen LogP contribution in [0.25, 0.3) is 0 Å². The molecule has 0 saturated carbocycles. The molecule has 3 atom stereocenters. The maximum atomic E-state index is 12.4. The molecule has 0 radical (unpaired) electrons. The molecule has 0 amide bonds. The Kier molecular flexibility index (Phi) is 4.41. The summed E-state index contributed by atoms with van der Waals surface area (Å²) >= 11 is 0. The molecule has 0 aromatic heterocycles. The Morgan fingerprint density at radius 2 is 2.00 bits per heavy atom. The van der Waals surface area contributed by atoms with Crippen LogP contribution in [0.4, 0.5) is 5.69 Å². The van der Waals surface area contributed by atoms with E-state index in [0.717, 1.165) is 17.9 Å². The molecule has 0 fully saturated rings. The number of hydrogen-bond donors (Lipinski definition) is 1. The number of ether oxygens (including phenoxy) is 2. The van der Waals surface area contributed by atoms with Gasteiger partial charge in [0.05, 0.1) is 31.0 Å². The van der Waals surface area contributed by atoms with E-state index in [-0.39, 0.29) is 12.0 Å². The van der Waals surface area contributed by atoms with Gasteiger partial charge in [-0.2, -0.15) is 0 Å². The van der Waals surface area contributed by atoms with Crippen LogP contribution in [0.3, 0.4) is 0 Å². The molecule has 0 saturated heterocycles. The van der Waals surface area contributed by atoms with Gasteiger partial charge in [0.25, 0.3) is 0 Å². The van der Waals surface area contributed by atoms with Gasteiger partial charge in [-0.15, -0.1) is 0 Å². The molecule has 2 aromatic rings. The van der Waals surface area contributed by atoms with E-state index < -0.39 is 0 Å². The second kappa shape index (κ2) is 6.87. The molecule has 2 aliphatic rings. The Bertz CT molecular complexity index is 841. The number of allylic oxidation sites excluding steroid dienone is 2. The standard InChI is InChI=1S/C22H23NO3/c1-3-26-22(24)19-9-5-8-18-16-6-4-7-17(16)20(23-21(18)19)14-10-12-15(25-2)13-11-14/h4-6,8-13,16-17,20,23H,3,7H2,1-2H3/t16-,17+,20+/m1/s1. The normalized spacial score (nSPS) is 22.9. The highest BCUT2D eigenvalue weighted by molar-refractivity contribution is 5.97. The van der Waals surface area contributed by atoms with Gasteiger partial charge in [-0.25, -0.2) is 4.79 Å². The summed E-state index contributed by atoms with van der Waals surface area (Å²) in [6.07, 6.45) is 5.55. The number of benzene rings is 2. The fourth-order valence-corrected chi connectivity index (χ4v) is 4.14. The van der Waals surface area contributed by atoms with Crippen molar-refractivity contribution in [1.82, 2.24) is 0 Å². The van der Waals surface area contributed by atoms with Gasteiger partial charge in [-0.3, -0.25) is 0 Å². The molecule has 0 bridgehead atoms. The van der Waals surface area contributed by atoms with Crippen LogP contribution in [0.2, 0.25) is 0 Å². The van der Waals surface area contributed by atoms with Crippen LogP contribution < -0.4 is 10.1 Å². The highest BCUT2D eigenvalue weighted by atomic mass is 16.5. The molecular formula is C22H23NO3. The fourth-order valence-electron chi connectivity index (χ4n) is 4.14. The van der Waals surface area contributed by atoms with Gasteiger partial charge < -0.3 is 14.8 Å². The Hall–Kier alpha value is -2.75. The molecule has 134 valence electrons. The SMILES string of the molecule is CCOC(=O)c1cccc2c1N[C@@H](c1ccc(OC)cc1)[C@H]1CC=C[C@@H]21. The summed E-state index contributed by atoms with van der Waals surface area (Å²) in [5.41, 5.74) is 3.90. The average Bonchev–Trinajstić information content (AvgIpc) is 3.17. The first-order chi connectivity index (χ1) is 12.7. The predicted molar refractivity (Wildman–Crippen MR) is 102 cm³/mol. The molecule has 4 nitrogen and oxygen atoms in total. The van der Waals surface area contributed by atoms with E-state index in [2.05, 4.69) is 35.7 Å². The highest BCUT2D eigenvalue weighted by Gasteiger charge is 2.39. The van der Waals surface area contributed by atoms with E-state index in [4.69, 9.17) is 9.47 Å². The Labute approximate surface area is 153 Å². The summed E-state index contributed by atoms with van der Waals surface area (Å²) in [4.78, 5) is 12.4. The molecule has 1 aliphatic heterocycles. The van der Waals surface area contributed by atoms with Crippen LogP contribution in [0.1, 0.15) is 46.8 Å². The van der Waals surface area contributed by atoms with E-state index >= 15 is 0 Å². The van der Waals surface area contributed by atoms with Crippen molar-refractivity contribution in [2.75, 3.05) is 19.0 Å². The molecule has 0 unspecified atom stereocenters. The van der Waals surface area contributed by atoms with Gasteiger partial charge in [0, 0.05) is 5.92 Å². The zero-order valence-electron chi connectivity index (χ0n) is 15.1. The number of fused-ring (bicyclic) bond motifs is 3. The smallest absolute Gasteiger partial charge is 0.340 e. The minimum atomic E-state index is -0.272. The monoisotopic (exact) mass is 349 g/mol. The first-order valence-electron chi connectivity index (χ1n) is 9.10. The molecular weight excluding hydrogens is 326 g/mol. The van der Waals surface area contributed by atoms with Crippen LogP contribution in [-0.4, -0.2) is 19.7 Å². The van der Waals surface area contributed by atoms with Crippen molar-refractivity contribution in [3.63, 3.8) is 0 Å². The second-order valence-electron chi connectivity index (χ2n) is 6.74. The van der Waals surface area contributed by atoms with E-state index in [1.54, 1.807) is 7.11 Å². The van der Waals surface area contributed by atoms with Crippen molar-refractivity contribution in [1.29, 1.82) is 0 Å². The van der Waals surface area contributed by atoms with Gasteiger partial charge in [0.15, 0.2) is 0 Å². The summed E-state index contributed by atoms with van der Waals surface area (Å²) in [7, 11) is 1.67. The number of carbonyl (C=O) groups is 1. The molecule has 0 spiro atoms. The van der Waals surface area contributed by atoms with Crippen molar-refractivity contribution >= 4 is 11.7 Å². The van der Waals surface area contributed by atoms with Crippen molar-refractivity contribution in [2.24, 2.45) is 5.92 Å². The number of anilines is 1. The number of para-hydroxylation sites is 1. The molecule has 1 N–H and O–H groups in total. The van der Waals surface area contributed by atoms with Crippen LogP contribution in [-0.2, 0) is 4.74 Å². The van der Waals surface area contributed by atoms with Gasteiger partial charge in [-0.05, 0) is 48.6 Å². The van der Waals surface area contributed by atoms with E-state index in [0.29, 0.717) is 24.0 Å². The molecule has 1 aliphatic carbocycles. The predicted octanol–water partition coefficient (Wildman–Crippen LogP) is 4.70. The van der Waals surface area contributed by atoms with Crippen molar-refractivity contribution in [2.45, 2.75) is 25.3 Å². The summed E-state index contributed by atoms with van der Waals surface area (Å²) < 4.78 is 10.5. The number of carbonyl (C=O) groups excluding carboxylic acids is 1. The minimum absolute atomic E-state index is 0.143. The summed E-state index contributed by atoms with van der Waals surface area (Å²) in [6, 6.07) is 14.2. The summed E-state index contributed by atoms with van der Waals surface area (Å²) in [6.45, 7) is 2.20. The Morgan fingerprint density at radius 3 is 2.73 bits per heavy atom. The number of hydrogen-bond acceptors (Lipinski definition) is 4. The van der Waals surface area contributed by atoms with Crippen LogP contribution in [0.5, 0.6) is 5.75 Å². The topological polar surface area (TPSA) is 47.6 Å². The summed E-state index contributed by atoms with van der Waals surface area (Å²) in [5.74, 6) is 1.32. The molecule has 2 aromatic carbocycles. The zero-order chi connectivity index (χ0) is 18.1. The lowest BCUT2D eigenvalue weighted by Crippen LogP contribution is -2.30. The van der Waals surface area contributed by atoms with Gasteiger partial charge in [0.2, 0.25) is 0 Å². The quantitative estimate of drug-likeness (QED) is 0.642. The molecule has 4 heteroatoms. The molecule has 4 rings (SSSR count). The maximum absolute atomic E-state index is 12.4. The largest absolute Gasteiger partial charge is 0.497 e. The first-order valence-corrected chi connectivity index (χ1v) is 9.10. The third-order valence-corrected chi connectivity index (χ3v) is 5.37. The average molecular weight is 349 g/mol. The van der Waals surface area contributed by atoms with Crippen molar-refractivity contribution in [3.05, 3.63) is 71.3 Å². The molecule has 1 heterocycles. The Balaban J connectivity index is 1.76. The first kappa shape index (κ1) is 16.7. The Morgan fingerprint density at radius 1 is 1.19 bits per heavy atom.